The molecule has 1 aromatic heterocycles. The minimum Gasteiger partial charge on any atom is -0.381 e. The van der Waals surface area contributed by atoms with Crippen molar-refractivity contribution in [2.75, 3.05) is 18.5 Å². The maximum Gasteiger partial charge on any atom is 0.233 e. The van der Waals surface area contributed by atoms with Gasteiger partial charge in [0.15, 0.2) is 9.84 Å². The first-order valence-electron chi connectivity index (χ1n) is 10.3. The molecule has 2 aliphatic rings. The van der Waals surface area contributed by atoms with E-state index in [0.29, 0.717) is 44.2 Å². The number of hydrogen-bond acceptors (Lipinski definition) is 5. The summed E-state index contributed by atoms with van der Waals surface area (Å²) in [6.07, 6.45) is 5.42. The van der Waals surface area contributed by atoms with Gasteiger partial charge in [-0.2, -0.15) is 0 Å². The van der Waals surface area contributed by atoms with E-state index in [1.54, 1.807) is 36.5 Å². The Balaban J connectivity index is 1.61. The number of sulfone groups is 1. The molecule has 2 heterocycles. The van der Waals surface area contributed by atoms with Crippen molar-refractivity contribution in [2.45, 2.75) is 48.2 Å². The van der Waals surface area contributed by atoms with Crippen LogP contribution in [0.15, 0.2) is 47.5 Å². The molecule has 1 aromatic carbocycles. The predicted molar refractivity (Wildman–Crippen MR) is 115 cm³/mol. The van der Waals surface area contributed by atoms with Gasteiger partial charge in [-0.05, 0) is 67.9 Å². The number of amides is 1. The maximum absolute atomic E-state index is 13.2. The molecular weight excluding hydrogens is 424 g/mol. The Morgan fingerprint density at radius 3 is 2.57 bits per heavy atom. The Morgan fingerprint density at radius 1 is 1.17 bits per heavy atom. The van der Waals surface area contributed by atoms with Gasteiger partial charge in [-0.1, -0.05) is 23.7 Å². The molecule has 6 nitrogen and oxygen atoms in total. The molecule has 30 heavy (non-hydrogen) atoms. The van der Waals surface area contributed by atoms with E-state index in [2.05, 4.69) is 10.3 Å². The van der Waals surface area contributed by atoms with Crippen LogP contribution in [0.4, 0.5) is 5.82 Å². The highest BCUT2D eigenvalue weighted by Crippen LogP contribution is 2.38. The second-order valence-corrected chi connectivity index (χ2v) is 10.6. The topological polar surface area (TPSA) is 85.4 Å². The Bertz CT molecular complexity index is 1000. The lowest BCUT2D eigenvalue weighted by molar-refractivity contribution is -0.118. The van der Waals surface area contributed by atoms with Crippen LogP contribution in [0.1, 0.15) is 43.6 Å². The monoisotopic (exact) mass is 448 g/mol. The van der Waals surface area contributed by atoms with Crippen LogP contribution in [0, 0.1) is 5.92 Å². The quantitative estimate of drug-likeness (QED) is 0.685. The molecule has 8 heteroatoms. The minimum absolute atomic E-state index is 0.158. The highest BCUT2D eigenvalue weighted by atomic mass is 35.5. The van der Waals surface area contributed by atoms with Gasteiger partial charge in [0.1, 0.15) is 5.82 Å². The average Bonchev–Trinajstić information content (AvgIpc) is 3.59. The number of nitrogens with one attached hydrogen (secondary N) is 1. The van der Waals surface area contributed by atoms with Gasteiger partial charge in [0.25, 0.3) is 0 Å². The van der Waals surface area contributed by atoms with E-state index in [4.69, 9.17) is 16.3 Å². The van der Waals surface area contributed by atoms with Gasteiger partial charge in [-0.3, -0.25) is 4.79 Å². The molecule has 1 amide bonds. The standard InChI is InChI=1S/C22H25ClN2O4S/c23-19-14-16(4-7-20(19)30(27,28)17-5-6-17)18(13-15-8-11-29-12-9-15)22(26)25-21-3-1-2-10-24-21/h1-4,7,10,14-15,17-18H,5-6,8-9,11-13H2,(H,24,25,26). The molecule has 1 unspecified atom stereocenters. The van der Waals surface area contributed by atoms with Crippen LogP contribution in [-0.2, 0) is 19.4 Å². The number of aromatic nitrogens is 1. The lowest BCUT2D eigenvalue weighted by Crippen LogP contribution is -2.26. The number of anilines is 1. The molecule has 1 saturated carbocycles. The maximum atomic E-state index is 13.2. The van der Waals surface area contributed by atoms with Gasteiger partial charge in [-0.25, -0.2) is 13.4 Å². The number of pyridine rings is 1. The van der Waals surface area contributed by atoms with E-state index in [1.807, 2.05) is 6.07 Å². The third-order valence-electron chi connectivity index (χ3n) is 5.77. The number of carbonyl (C=O) groups is 1. The first-order valence-corrected chi connectivity index (χ1v) is 12.2. The number of nitrogens with zero attached hydrogens (tertiary/aromatic N) is 1. The number of halogens is 1. The summed E-state index contributed by atoms with van der Waals surface area (Å²) in [5.41, 5.74) is 0.717. The fourth-order valence-corrected chi connectivity index (χ4v) is 6.10. The molecule has 0 bridgehead atoms. The zero-order valence-corrected chi connectivity index (χ0v) is 18.2. The zero-order chi connectivity index (χ0) is 21.1. The van der Waals surface area contributed by atoms with Crippen LogP contribution >= 0.6 is 11.6 Å². The fraction of sp³-hybridized carbons (Fsp3) is 0.455. The van der Waals surface area contributed by atoms with E-state index in [0.717, 1.165) is 18.4 Å². The van der Waals surface area contributed by atoms with Gasteiger partial charge in [0.2, 0.25) is 5.91 Å². The Morgan fingerprint density at radius 2 is 1.93 bits per heavy atom. The van der Waals surface area contributed by atoms with Crippen molar-refractivity contribution in [3.63, 3.8) is 0 Å². The number of hydrogen-bond donors (Lipinski definition) is 1. The van der Waals surface area contributed by atoms with Gasteiger partial charge in [-0.15, -0.1) is 0 Å². The predicted octanol–water partition coefficient (Wildman–Crippen LogP) is 4.21. The van der Waals surface area contributed by atoms with Gasteiger partial charge in [0, 0.05) is 19.4 Å². The summed E-state index contributed by atoms with van der Waals surface area (Å²) in [5, 5.41) is 2.73. The zero-order valence-electron chi connectivity index (χ0n) is 16.6. The molecule has 0 spiro atoms. The first-order chi connectivity index (χ1) is 14.4. The summed E-state index contributed by atoms with van der Waals surface area (Å²) in [6.45, 7) is 1.39. The van der Waals surface area contributed by atoms with Crippen molar-refractivity contribution in [1.29, 1.82) is 0 Å². The van der Waals surface area contributed by atoms with Crippen molar-refractivity contribution in [3.05, 3.63) is 53.2 Å². The van der Waals surface area contributed by atoms with Crippen LogP contribution in [0.5, 0.6) is 0 Å². The van der Waals surface area contributed by atoms with Gasteiger partial charge >= 0.3 is 0 Å². The molecule has 160 valence electrons. The van der Waals surface area contributed by atoms with Crippen LogP contribution < -0.4 is 5.32 Å². The largest absolute Gasteiger partial charge is 0.381 e. The van der Waals surface area contributed by atoms with E-state index < -0.39 is 15.8 Å². The van der Waals surface area contributed by atoms with Gasteiger partial charge in [0.05, 0.1) is 21.1 Å². The number of ether oxygens (including phenoxy) is 1. The summed E-state index contributed by atoms with van der Waals surface area (Å²) in [4.78, 5) is 17.5. The summed E-state index contributed by atoms with van der Waals surface area (Å²) in [5.74, 6) is 0.213. The van der Waals surface area contributed by atoms with E-state index in [-0.39, 0.29) is 21.1 Å². The van der Waals surface area contributed by atoms with Crippen molar-refractivity contribution in [2.24, 2.45) is 5.92 Å². The third-order valence-corrected chi connectivity index (χ3v) is 8.51. The second kappa shape index (κ2) is 9.04. The fourth-order valence-electron chi connectivity index (χ4n) is 3.88. The van der Waals surface area contributed by atoms with Gasteiger partial charge < -0.3 is 10.1 Å². The van der Waals surface area contributed by atoms with Crippen molar-refractivity contribution < 1.29 is 17.9 Å². The van der Waals surface area contributed by atoms with E-state index in [9.17, 15) is 13.2 Å². The molecule has 1 atom stereocenters. The van der Waals surface area contributed by atoms with Crippen LogP contribution in [-0.4, -0.2) is 37.8 Å². The van der Waals surface area contributed by atoms with E-state index in [1.165, 1.54) is 0 Å². The van der Waals surface area contributed by atoms with Crippen molar-refractivity contribution in [3.8, 4) is 0 Å². The Labute approximate surface area is 181 Å². The summed E-state index contributed by atoms with van der Waals surface area (Å²) < 4.78 is 30.7. The summed E-state index contributed by atoms with van der Waals surface area (Å²) >= 11 is 6.39. The summed E-state index contributed by atoms with van der Waals surface area (Å²) in [6, 6.07) is 10.2. The first kappa shape index (κ1) is 21.3. The summed E-state index contributed by atoms with van der Waals surface area (Å²) in [7, 11) is -3.39. The third kappa shape index (κ3) is 4.85. The Hall–Kier alpha value is -1.96. The van der Waals surface area contributed by atoms with Crippen molar-refractivity contribution in [1.82, 2.24) is 4.98 Å². The molecule has 4 rings (SSSR count). The second-order valence-electron chi connectivity index (χ2n) is 7.98. The van der Waals surface area contributed by atoms with Crippen molar-refractivity contribution >= 4 is 33.2 Å². The SMILES string of the molecule is O=C(Nc1ccccn1)C(CC1CCOCC1)c1ccc(S(=O)(=O)C2CC2)c(Cl)c1. The van der Waals surface area contributed by atoms with Crippen LogP contribution in [0.2, 0.25) is 5.02 Å². The highest BCUT2D eigenvalue weighted by Gasteiger charge is 2.38. The molecule has 2 fully saturated rings. The van der Waals surface area contributed by atoms with Crippen LogP contribution in [0.3, 0.4) is 0 Å². The molecule has 1 saturated heterocycles. The molecule has 2 aromatic rings. The molecule has 1 aliphatic heterocycles. The number of rotatable bonds is 7. The van der Waals surface area contributed by atoms with E-state index >= 15 is 0 Å². The molecule has 0 radical (unpaired) electrons. The normalized spacial score (nSPS) is 18.7. The highest BCUT2D eigenvalue weighted by molar-refractivity contribution is 7.92. The molecule has 1 N–H and O–H groups in total. The number of carbonyl (C=O) groups excluding carboxylic acids is 1. The molecule has 1 aliphatic carbocycles. The smallest absolute Gasteiger partial charge is 0.233 e. The minimum atomic E-state index is -3.39. The number of benzene rings is 1. The van der Waals surface area contributed by atoms with Crippen LogP contribution in [0.25, 0.3) is 0 Å². The lowest BCUT2D eigenvalue weighted by atomic mass is 9.84. The lowest BCUT2D eigenvalue weighted by Gasteiger charge is -2.26. The Kier molecular flexibility index (Phi) is 6.41. The average molecular weight is 449 g/mol. The molecular formula is C22H25ClN2O4S.